The highest BCUT2D eigenvalue weighted by atomic mass is 16.6. The summed E-state index contributed by atoms with van der Waals surface area (Å²) in [6.45, 7) is 0. The fourth-order valence-electron chi connectivity index (χ4n) is 3.01. The Morgan fingerprint density at radius 3 is 2.26 bits per heavy atom. The zero-order valence-corrected chi connectivity index (χ0v) is 11.3. The van der Waals surface area contributed by atoms with Crippen LogP contribution in [0.1, 0.15) is 15.9 Å². The van der Waals surface area contributed by atoms with E-state index in [2.05, 4.69) is 35.5 Å². The highest BCUT2D eigenvalue weighted by molar-refractivity contribution is 6.11. The van der Waals surface area contributed by atoms with Gasteiger partial charge in [0, 0.05) is 11.1 Å². The van der Waals surface area contributed by atoms with Crippen LogP contribution in [-0.2, 0) is 5.72 Å². The minimum Gasteiger partial charge on any atom is -0.363 e. The van der Waals surface area contributed by atoms with Crippen molar-refractivity contribution >= 4 is 28.7 Å². The molecule has 0 spiro atoms. The molecule has 1 aliphatic heterocycles. The number of hydrogen-bond acceptors (Lipinski definition) is 10. The molecular weight excluding hydrogens is 304 g/mol. The maximum absolute atomic E-state index is 12.6. The van der Waals surface area contributed by atoms with E-state index < -0.39 is 17.2 Å². The quantitative estimate of drug-likeness (QED) is 0.431. The van der Waals surface area contributed by atoms with Gasteiger partial charge in [-0.15, -0.1) is 0 Å². The van der Waals surface area contributed by atoms with Crippen molar-refractivity contribution in [3.63, 3.8) is 0 Å². The van der Waals surface area contributed by atoms with Crippen LogP contribution in [0.3, 0.4) is 0 Å². The molecule has 4 N–H and O–H groups in total. The monoisotopic (exact) mass is 312 g/mol. The van der Waals surface area contributed by atoms with E-state index in [0.717, 1.165) is 0 Å². The van der Waals surface area contributed by atoms with E-state index in [0.29, 0.717) is 0 Å². The number of nitrogens with one attached hydrogen (secondary N) is 2. The summed E-state index contributed by atoms with van der Waals surface area (Å²) < 4.78 is 4.53. The van der Waals surface area contributed by atoms with E-state index >= 15 is 0 Å². The van der Waals surface area contributed by atoms with Crippen LogP contribution in [0.15, 0.2) is 28.9 Å². The zero-order valence-electron chi connectivity index (χ0n) is 11.3. The third-order valence-electron chi connectivity index (χ3n) is 4.13. The Balaban J connectivity index is 1.78. The van der Waals surface area contributed by atoms with Crippen LogP contribution < -0.4 is 10.6 Å². The van der Waals surface area contributed by atoms with Crippen molar-refractivity contribution in [3.8, 4) is 0 Å². The lowest BCUT2D eigenvalue weighted by molar-refractivity contribution is -0.0919. The van der Waals surface area contributed by atoms with Crippen LogP contribution in [0, 0.1) is 0 Å². The number of fused-ring (bicyclic) bond motifs is 5. The molecule has 0 saturated carbocycles. The number of aromatic nitrogens is 4. The van der Waals surface area contributed by atoms with Crippen LogP contribution >= 0.6 is 0 Å². The molecule has 0 bridgehead atoms. The molecule has 1 aromatic carbocycles. The second kappa shape index (κ2) is 3.62. The molecule has 0 saturated heterocycles. The first-order valence-electron chi connectivity index (χ1n) is 6.69. The molecule has 2 atom stereocenters. The van der Waals surface area contributed by atoms with E-state index in [-0.39, 0.29) is 34.1 Å². The topological polar surface area (TPSA) is 146 Å². The van der Waals surface area contributed by atoms with Gasteiger partial charge in [0.1, 0.15) is 0 Å². The van der Waals surface area contributed by atoms with Crippen LogP contribution in [0.2, 0.25) is 0 Å². The molecule has 10 nitrogen and oxygen atoms in total. The SMILES string of the molecule is O=C1c2ccccc2[C@]2(O)Nc3nc4nonc4nc3N[C@]12O. The summed E-state index contributed by atoms with van der Waals surface area (Å²) in [5.41, 5.74) is -3.72. The summed E-state index contributed by atoms with van der Waals surface area (Å²) >= 11 is 0. The fourth-order valence-corrected chi connectivity index (χ4v) is 3.01. The van der Waals surface area contributed by atoms with E-state index in [1.807, 2.05) is 0 Å². The largest absolute Gasteiger partial charge is 0.363 e. The average Bonchev–Trinajstić information content (AvgIpc) is 3.05. The van der Waals surface area contributed by atoms with Crippen LogP contribution in [0.4, 0.5) is 11.6 Å². The molecule has 0 unspecified atom stereocenters. The summed E-state index contributed by atoms with van der Waals surface area (Å²) in [5.74, 6) is -0.500. The molecule has 5 rings (SSSR count). The van der Waals surface area contributed by atoms with E-state index in [4.69, 9.17) is 0 Å². The maximum atomic E-state index is 12.6. The summed E-state index contributed by atoms with van der Waals surface area (Å²) in [6.07, 6.45) is 0. The number of Topliss-reactive ketones (excluding diaryl/α,β-unsaturated/α-hetero) is 1. The second-order valence-electron chi connectivity index (χ2n) is 5.38. The normalized spacial score (nSPS) is 27.8. The van der Waals surface area contributed by atoms with Gasteiger partial charge in [0.2, 0.25) is 22.8 Å². The predicted molar refractivity (Wildman–Crippen MR) is 74.3 cm³/mol. The van der Waals surface area contributed by atoms with Crippen molar-refractivity contribution in [1.29, 1.82) is 0 Å². The number of benzene rings is 1. The lowest BCUT2D eigenvalue weighted by atomic mass is 9.96. The third-order valence-corrected chi connectivity index (χ3v) is 4.13. The minimum absolute atomic E-state index is 0.0570. The zero-order chi connectivity index (χ0) is 15.8. The lowest BCUT2D eigenvalue weighted by Crippen LogP contribution is -2.64. The van der Waals surface area contributed by atoms with Gasteiger partial charge < -0.3 is 20.8 Å². The Morgan fingerprint density at radius 2 is 1.57 bits per heavy atom. The molecule has 0 radical (unpaired) electrons. The van der Waals surface area contributed by atoms with Gasteiger partial charge >= 0.3 is 0 Å². The Labute approximate surface area is 127 Å². The number of nitrogens with zero attached hydrogens (tertiary/aromatic N) is 4. The number of carbonyl (C=O) groups is 1. The van der Waals surface area contributed by atoms with Crippen molar-refractivity contribution in [2.45, 2.75) is 11.4 Å². The summed E-state index contributed by atoms with van der Waals surface area (Å²) in [7, 11) is 0. The smallest absolute Gasteiger partial charge is 0.255 e. The molecule has 3 aromatic rings. The lowest BCUT2D eigenvalue weighted by Gasteiger charge is -2.42. The third kappa shape index (κ3) is 1.28. The van der Waals surface area contributed by atoms with Gasteiger partial charge in [0.05, 0.1) is 0 Å². The molecule has 10 heteroatoms. The maximum Gasteiger partial charge on any atom is 0.255 e. The Bertz CT molecular complexity index is 1000. The molecule has 1 aliphatic carbocycles. The highest BCUT2D eigenvalue weighted by Crippen LogP contribution is 2.48. The molecule has 114 valence electrons. The number of hydrogen-bond donors (Lipinski definition) is 4. The molecule has 23 heavy (non-hydrogen) atoms. The summed E-state index contributed by atoms with van der Waals surface area (Å²) in [4.78, 5) is 20.8. The van der Waals surface area contributed by atoms with Crippen LogP contribution in [0.25, 0.3) is 11.3 Å². The average molecular weight is 312 g/mol. The minimum atomic E-state index is -2.32. The Kier molecular flexibility index (Phi) is 1.96. The first-order valence-corrected chi connectivity index (χ1v) is 6.69. The molecule has 0 amide bonds. The number of aliphatic hydroxyl groups is 2. The number of anilines is 2. The summed E-state index contributed by atoms with van der Waals surface area (Å²) in [5, 5.41) is 34.2. The van der Waals surface area contributed by atoms with Crippen molar-refractivity contribution in [1.82, 2.24) is 20.3 Å². The van der Waals surface area contributed by atoms with E-state index in [9.17, 15) is 15.0 Å². The molecule has 2 aromatic heterocycles. The highest BCUT2D eigenvalue weighted by Gasteiger charge is 2.66. The molecular formula is C13H8N6O4. The van der Waals surface area contributed by atoms with Crippen LogP contribution in [0.5, 0.6) is 0 Å². The van der Waals surface area contributed by atoms with Crippen LogP contribution in [-0.4, -0.2) is 42.0 Å². The number of ketones is 1. The second-order valence-corrected chi connectivity index (χ2v) is 5.38. The Morgan fingerprint density at radius 1 is 0.957 bits per heavy atom. The first kappa shape index (κ1) is 12.4. The van der Waals surface area contributed by atoms with Gasteiger partial charge in [0.25, 0.3) is 5.72 Å². The first-order chi connectivity index (χ1) is 11.0. The number of carbonyl (C=O) groups excluding carboxylic acids is 1. The van der Waals surface area contributed by atoms with Gasteiger partial charge in [-0.2, -0.15) is 0 Å². The van der Waals surface area contributed by atoms with E-state index in [1.54, 1.807) is 18.2 Å². The van der Waals surface area contributed by atoms with Gasteiger partial charge in [-0.3, -0.25) is 4.79 Å². The van der Waals surface area contributed by atoms with Gasteiger partial charge in [-0.05, 0) is 10.3 Å². The predicted octanol–water partition coefficient (Wildman–Crippen LogP) is -0.420. The number of rotatable bonds is 0. The van der Waals surface area contributed by atoms with Crippen molar-refractivity contribution in [2.24, 2.45) is 0 Å². The van der Waals surface area contributed by atoms with Gasteiger partial charge in [-0.25, -0.2) is 14.6 Å². The standard InChI is InChI=1S/C13H8N6O4/c20-7-5-3-1-2-4-6(5)12(21)13(7,22)17-9-8(16-12)14-10-11(15-9)19-23-18-10/h1-4,21-22H,(H,14,16,18)(H,15,17,19)/t12-,13+/m1/s1. The molecule has 3 heterocycles. The summed E-state index contributed by atoms with van der Waals surface area (Å²) in [6, 6.07) is 6.38. The Hall–Kier alpha value is -3.11. The van der Waals surface area contributed by atoms with Gasteiger partial charge in [-0.1, -0.05) is 24.3 Å². The van der Waals surface area contributed by atoms with Gasteiger partial charge in [0.15, 0.2) is 11.6 Å². The molecule has 0 fully saturated rings. The molecule has 2 aliphatic rings. The van der Waals surface area contributed by atoms with Crippen molar-refractivity contribution in [3.05, 3.63) is 35.4 Å². The van der Waals surface area contributed by atoms with E-state index in [1.165, 1.54) is 6.07 Å². The van der Waals surface area contributed by atoms with Crippen molar-refractivity contribution in [2.75, 3.05) is 10.6 Å². The fraction of sp³-hybridized carbons (Fsp3) is 0.154. The van der Waals surface area contributed by atoms with Crippen molar-refractivity contribution < 1.29 is 19.6 Å².